The van der Waals surface area contributed by atoms with Crippen molar-refractivity contribution in [2.45, 2.75) is 0 Å². The first-order valence-electron chi connectivity index (χ1n) is 5.67. The van der Waals surface area contributed by atoms with Crippen LogP contribution in [0.5, 0.6) is 11.5 Å². The second-order valence-electron chi connectivity index (χ2n) is 3.80. The highest BCUT2D eigenvalue weighted by molar-refractivity contribution is 6.18. The lowest BCUT2D eigenvalue weighted by molar-refractivity contribution is 0.0595. The lowest BCUT2D eigenvalue weighted by atomic mass is 10.2. The van der Waals surface area contributed by atoms with E-state index >= 15 is 0 Å². The van der Waals surface area contributed by atoms with Crippen molar-refractivity contribution in [1.82, 2.24) is 4.98 Å². The number of ether oxygens (including phenoxy) is 3. The van der Waals surface area contributed by atoms with Gasteiger partial charge in [0.2, 0.25) is 0 Å². The number of methoxy groups -OCH3 is 2. The second kappa shape index (κ2) is 5.84. The van der Waals surface area contributed by atoms with Crippen LogP contribution in [0.2, 0.25) is 0 Å². The van der Waals surface area contributed by atoms with Crippen LogP contribution in [0.15, 0.2) is 18.2 Å². The largest absolute Gasteiger partial charge is 0.493 e. The molecule has 0 radical (unpaired) electrons. The molecule has 5 nitrogen and oxygen atoms in total. The van der Waals surface area contributed by atoms with E-state index in [1.54, 1.807) is 25.3 Å². The van der Waals surface area contributed by atoms with Crippen molar-refractivity contribution in [3.63, 3.8) is 0 Å². The van der Waals surface area contributed by atoms with Gasteiger partial charge >= 0.3 is 5.97 Å². The molecule has 0 aliphatic heterocycles. The Morgan fingerprint density at radius 2 is 2.05 bits per heavy atom. The Kier molecular flexibility index (Phi) is 4.16. The van der Waals surface area contributed by atoms with Crippen molar-refractivity contribution in [1.29, 1.82) is 0 Å². The van der Waals surface area contributed by atoms with E-state index in [0.717, 1.165) is 10.9 Å². The first kappa shape index (κ1) is 13.5. The fraction of sp³-hybridized carbons (Fsp3) is 0.308. The second-order valence-corrected chi connectivity index (χ2v) is 4.18. The van der Waals surface area contributed by atoms with E-state index in [1.807, 2.05) is 0 Å². The molecule has 1 aromatic carbocycles. The fourth-order valence-corrected chi connectivity index (χ4v) is 1.86. The quantitative estimate of drug-likeness (QED) is 0.677. The summed E-state index contributed by atoms with van der Waals surface area (Å²) in [6.45, 7) is 0.387. The molecule has 19 heavy (non-hydrogen) atoms. The van der Waals surface area contributed by atoms with E-state index in [2.05, 4.69) is 9.72 Å². The lowest BCUT2D eigenvalue weighted by Crippen LogP contribution is -2.00. The average Bonchev–Trinajstić information content (AvgIpc) is 2.85. The third-order valence-corrected chi connectivity index (χ3v) is 2.80. The van der Waals surface area contributed by atoms with Gasteiger partial charge in [-0.1, -0.05) is 0 Å². The fourth-order valence-electron chi connectivity index (χ4n) is 1.78. The number of benzene rings is 1. The van der Waals surface area contributed by atoms with Gasteiger partial charge in [-0.05, 0) is 12.1 Å². The van der Waals surface area contributed by atoms with Gasteiger partial charge in [-0.25, -0.2) is 4.79 Å². The molecule has 0 fully saturated rings. The van der Waals surface area contributed by atoms with Crippen LogP contribution in [0.4, 0.5) is 0 Å². The van der Waals surface area contributed by atoms with E-state index in [4.69, 9.17) is 21.1 Å². The SMILES string of the molecule is COC(=O)c1cc2cc(OCCCl)c(OC)cc2[nH]1. The molecule has 102 valence electrons. The van der Waals surface area contributed by atoms with Crippen LogP contribution in [0, 0.1) is 0 Å². The van der Waals surface area contributed by atoms with Gasteiger partial charge < -0.3 is 19.2 Å². The number of aromatic amines is 1. The van der Waals surface area contributed by atoms with Crippen molar-refractivity contribution < 1.29 is 19.0 Å². The summed E-state index contributed by atoms with van der Waals surface area (Å²) in [7, 11) is 2.89. The zero-order valence-electron chi connectivity index (χ0n) is 10.7. The summed E-state index contributed by atoms with van der Waals surface area (Å²) in [5.74, 6) is 1.14. The molecule has 0 atom stereocenters. The number of carbonyl (C=O) groups excluding carboxylic acids is 1. The molecule has 1 aromatic heterocycles. The lowest BCUT2D eigenvalue weighted by Gasteiger charge is -2.09. The number of fused-ring (bicyclic) bond motifs is 1. The van der Waals surface area contributed by atoms with Crippen molar-refractivity contribution >= 4 is 28.5 Å². The van der Waals surface area contributed by atoms with Gasteiger partial charge in [0.15, 0.2) is 11.5 Å². The molecular formula is C13H14ClNO4. The summed E-state index contributed by atoms with van der Waals surface area (Å²) in [6.07, 6.45) is 0. The maximum Gasteiger partial charge on any atom is 0.354 e. The maximum atomic E-state index is 11.5. The predicted molar refractivity (Wildman–Crippen MR) is 72.4 cm³/mol. The molecule has 6 heteroatoms. The van der Waals surface area contributed by atoms with Gasteiger partial charge in [-0.3, -0.25) is 0 Å². The minimum atomic E-state index is -0.418. The number of aromatic nitrogens is 1. The number of nitrogens with one attached hydrogen (secondary N) is 1. The van der Waals surface area contributed by atoms with Crippen LogP contribution in [0.25, 0.3) is 10.9 Å². The van der Waals surface area contributed by atoms with Crippen LogP contribution in [0.1, 0.15) is 10.5 Å². The summed E-state index contributed by atoms with van der Waals surface area (Å²) in [5.41, 5.74) is 1.16. The van der Waals surface area contributed by atoms with E-state index in [1.165, 1.54) is 7.11 Å². The molecule has 2 aromatic rings. The van der Waals surface area contributed by atoms with Crippen molar-refractivity contribution in [2.24, 2.45) is 0 Å². The molecular weight excluding hydrogens is 270 g/mol. The number of alkyl halides is 1. The molecule has 0 bridgehead atoms. The van der Waals surface area contributed by atoms with Crippen LogP contribution < -0.4 is 9.47 Å². The van der Waals surface area contributed by atoms with Crippen LogP contribution >= 0.6 is 11.6 Å². The van der Waals surface area contributed by atoms with Gasteiger partial charge in [-0.15, -0.1) is 11.6 Å². The Bertz CT molecular complexity index is 594. The summed E-state index contributed by atoms with van der Waals surface area (Å²) < 4.78 is 15.4. The number of hydrogen-bond acceptors (Lipinski definition) is 4. The minimum Gasteiger partial charge on any atom is -0.493 e. The Labute approximate surface area is 115 Å². The average molecular weight is 284 g/mol. The first-order valence-corrected chi connectivity index (χ1v) is 6.21. The summed E-state index contributed by atoms with van der Waals surface area (Å²) in [5, 5.41) is 0.839. The highest BCUT2D eigenvalue weighted by Crippen LogP contribution is 2.32. The van der Waals surface area contributed by atoms with E-state index in [0.29, 0.717) is 29.7 Å². The predicted octanol–water partition coefficient (Wildman–Crippen LogP) is 2.58. The molecule has 0 spiro atoms. The molecule has 0 aliphatic rings. The minimum absolute atomic E-state index is 0.383. The standard InChI is InChI=1S/C13H14ClNO4/c1-17-11-7-9-8(6-12(11)19-4-3-14)5-10(15-9)13(16)18-2/h5-7,15H,3-4H2,1-2H3. The monoisotopic (exact) mass is 283 g/mol. The van der Waals surface area contributed by atoms with Crippen molar-refractivity contribution in [2.75, 3.05) is 26.7 Å². The van der Waals surface area contributed by atoms with Crippen molar-refractivity contribution in [3.05, 3.63) is 23.9 Å². The smallest absolute Gasteiger partial charge is 0.354 e. The number of rotatable bonds is 5. The van der Waals surface area contributed by atoms with Gasteiger partial charge in [0.25, 0.3) is 0 Å². The summed E-state index contributed by atoms with van der Waals surface area (Å²) in [6, 6.07) is 5.27. The third-order valence-electron chi connectivity index (χ3n) is 2.64. The van der Waals surface area contributed by atoms with Gasteiger partial charge in [0.05, 0.1) is 25.6 Å². The Morgan fingerprint density at radius 3 is 2.68 bits per heavy atom. The van der Waals surface area contributed by atoms with Crippen LogP contribution in [0.3, 0.4) is 0 Å². The molecule has 0 amide bonds. The van der Waals surface area contributed by atoms with Gasteiger partial charge in [0, 0.05) is 11.5 Å². The molecule has 0 unspecified atom stereocenters. The zero-order valence-corrected chi connectivity index (χ0v) is 11.4. The van der Waals surface area contributed by atoms with E-state index < -0.39 is 5.97 Å². The van der Waals surface area contributed by atoms with E-state index in [9.17, 15) is 4.79 Å². The summed E-state index contributed by atoms with van der Waals surface area (Å²) in [4.78, 5) is 14.4. The Morgan fingerprint density at radius 1 is 1.26 bits per heavy atom. The molecule has 1 heterocycles. The Hall–Kier alpha value is -1.88. The maximum absolute atomic E-state index is 11.5. The third kappa shape index (κ3) is 2.76. The van der Waals surface area contributed by atoms with Crippen LogP contribution in [-0.2, 0) is 4.74 Å². The van der Waals surface area contributed by atoms with E-state index in [-0.39, 0.29) is 0 Å². The topological polar surface area (TPSA) is 60.6 Å². The molecule has 0 aliphatic carbocycles. The molecule has 0 saturated carbocycles. The van der Waals surface area contributed by atoms with Crippen LogP contribution in [-0.4, -0.2) is 37.7 Å². The zero-order chi connectivity index (χ0) is 13.8. The number of H-pyrrole nitrogens is 1. The normalized spacial score (nSPS) is 10.5. The number of halogens is 1. The molecule has 0 saturated heterocycles. The molecule has 1 N–H and O–H groups in total. The van der Waals surface area contributed by atoms with Crippen molar-refractivity contribution in [3.8, 4) is 11.5 Å². The van der Waals surface area contributed by atoms with Gasteiger partial charge in [-0.2, -0.15) is 0 Å². The number of hydrogen-bond donors (Lipinski definition) is 1. The summed E-state index contributed by atoms with van der Waals surface area (Å²) >= 11 is 5.60. The first-order chi connectivity index (χ1) is 9.19. The number of carbonyl (C=O) groups is 1. The number of esters is 1. The Balaban J connectivity index is 2.44. The highest BCUT2D eigenvalue weighted by atomic mass is 35.5. The highest BCUT2D eigenvalue weighted by Gasteiger charge is 2.13. The molecule has 2 rings (SSSR count). The van der Waals surface area contributed by atoms with Gasteiger partial charge in [0.1, 0.15) is 12.3 Å².